The van der Waals surface area contributed by atoms with Crippen molar-refractivity contribution in [2.75, 3.05) is 0 Å². The van der Waals surface area contributed by atoms with Crippen LogP contribution >= 0.6 is 0 Å². The molecule has 0 aliphatic heterocycles. The van der Waals surface area contributed by atoms with Gasteiger partial charge in [-0.1, -0.05) is 18.2 Å². The maximum atomic E-state index is 13.3. The molecule has 1 heterocycles. The first-order valence-electron chi connectivity index (χ1n) is 5.55. The topological polar surface area (TPSA) is 42.7 Å². The molecule has 0 aliphatic rings. The third kappa shape index (κ3) is 3.35. The van der Waals surface area contributed by atoms with Gasteiger partial charge in [0.1, 0.15) is 18.5 Å². The van der Waals surface area contributed by atoms with Crippen LogP contribution in [0.3, 0.4) is 0 Å². The zero-order valence-corrected chi connectivity index (χ0v) is 9.68. The van der Waals surface area contributed by atoms with Gasteiger partial charge < -0.3 is 5.32 Å². The number of nitrogens with zero attached hydrogens (tertiary/aromatic N) is 3. The minimum absolute atomic E-state index is 0.173. The first kappa shape index (κ1) is 11.7. The van der Waals surface area contributed by atoms with Crippen LogP contribution in [-0.4, -0.2) is 20.8 Å². The Morgan fingerprint density at radius 1 is 1.41 bits per heavy atom. The second kappa shape index (κ2) is 5.54. The zero-order chi connectivity index (χ0) is 12.1. The molecular formula is C12H15FN4. The van der Waals surface area contributed by atoms with E-state index in [-0.39, 0.29) is 11.9 Å². The van der Waals surface area contributed by atoms with Gasteiger partial charge in [-0.25, -0.2) is 9.37 Å². The Morgan fingerprint density at radius 3 is 2.94 bits per heavy atom. The van der Waals surface area contributed by atoms with E-state index >= 15 is 0 Å². The van der Waals surface area contributed by atoms with Gasteiger partial charge in [0.25, 0.3) is 0 Å². The normalized spacial score (nSPS) is 12.6. The fourth-order valence-corrected chi connectivity index (χ4v) is 1.60. The van der Waals surface area contributed by atoms with E-state index in [0.29, 0.717) is 18.7 Å². The van der Waals surface area contributed by atoms with Crippen molar-refractivity contribution in [1.29, 1.82) is 0 Å². The maximum Gasteiger partial charge on any atom is 0.137 e. The summed E-state index contributed by atoms with van der Waals surface area (Å²) in [7, 11) is 0. The van der Waals surface area contributed by atoms with Gasteiger partial charge in [-0.05, 0) is 13.0 Å². The van der Waals surface area contributed by atoms with Crippen LogP contribution in [0.2, 0.25) is 0 Å². The molecule has 0 aliphatic carbocycles. The minimum Gasteiger partial charge on any atom is -0.308 e. The van der Waals surface area contributed by atoms with E-state index in [1.807, 2.05) is 13.0 Å². The Kier molecular flexibility index (Phi) is 3.82. The molecular weight excluding hydrogens is 219 g/mol. The molecule has 17 heavy (non-hydrogen) atoms. The van der Waals surface area contributed by atoms with E-state index < -0.39 is 0 Å². The van der Waals surface area contributed by atoms with Crippen LogP contribution in [0.1, 0.15) is 12.5 Å². The molecule has 0 unspecified atom stereocenters. The highest BCUT2D eigenvalue weighted by Crippen LogP contribution is 2.06. The highest BCUT2D eigenvalue weighted by molar-refractivity contribution is 5.16. The smallest absolute Gasteiger partial charge is 0.137 e. The van der Waals surface area contributed by atoms with Gasteiger partial charge >= 0.3 is 0 Å². The molecule has 1 atom stereocenters. The molecule has 5 heteroatoms. The van der Waals surface area contributed by atoms with Gasteiger partial charge in [0, 0.05) is 18.2 Å². The van der Waals surface area contributed by atoms with Crippen LogP contribution in [0.15, 0.2) is 36.9 Å². The maximum absolute atomic E-state index is 13.3. The molecule has 1 aromatic heterocycles. The monoisotopic (exact) mass is 234 g/mol. The van der Waals surface area contributed by atoms with E-state index in [1.165, 1.54) is 12.4 Å². The molecule has 4 nitrogen and oxygen atoms in total. The molecule has 0 saturated heterocycles. The van der Waals surface area contributed by atoms with Crippen molar-refractivity contribution in [3.05, 3.63) is 48.3 Å². The highest BCUT2D eigenvalue weighted by Gasteiger charge is 2.05. The fourth-order valence-electron chi connectivity index (χ4n) is 1.60. The summed E-state index contributed by atoms with van der Waals surface area (Å²) >= 11 is 0. The minimum atomic E-state index is -0.173. The molecule has 0 saturated carbocycles. The highest BCUT2D eigenvalue weighted by atomic mass is 19.1. The quantitative estimate of drug-likeness (QED) is 0.854. The number of benzene rings is 1. The van der Waals surface area contributed by atoms with Crippen molar-refractivity contribution in [1.82, 2.24) is 20.1 Å². The third-order valence-electron chi connectivity index (χ3n) is 2.53. The lowest BCUT2D eigenvalue weighted by Crippen LogP contribution is -2.30. The number of hydrogen-bond donors (Lipinski definition) is 1. The summed E-state index contributed by atoms with van der Waals surface area (Å²) < 4.78 is 15.1. The van der Waals surface area contributed by atoms with E-state index in [2.05, 4.69) is 15.4 Å². The molecule has 2 rings (SSSR count). The number of aromatic nitrogens is 3. The first-order chi connectivity index (χ1) is 8.25. The number of hydrogen-bond acceptors (Lipinski definition) is 3. The SMILES string of the molecule is C[C@H](Cn1cncn1)NCc1ccccc1F. The summed E-state index contributed by atoms with van der Waals surface area (Å²) in [6, 6.07) is 6.99. The van der Waals surface area contributed by atoms with Gasteiger partial charge in [0.05, 0.1) is 6.54 Å². The third-order valence-corrected chi connectivity index (χ3v) is 2.53. The standard InChI is InChI=1S/C12H15FN4/c1-10(7-17-9-14-8-16-17)15-6-11-4-2-3-5-12(11)13/h2-5,8-10,15H,6-7H2,1H3/t10-/m1/s1. The Labute approximate surface area is 99.5 Å². The summed E-state index contributed by atoms with van der Waals surface area (Å²) in [6.45, 7) is 3.26. The second-order valence-corrected chi connectivity index (χ2v) is 3.99. The molecule has 0 amide bonds. The summed E-state index contributed by atoms with van der Waals surface area (Å²) in [5, 5.41) is 7.27. The van der Waals surface area contributed by atoms with Crippen molar-refractivity contribution < 1.29 is 4.39 Å². The van der Waals surface area contributed by atoms with Gasteiger partial charge in [-0.15, -0.1) is 0 Å². The average Bonchev–Trinajstić information content (AvgIpc) is 2.81. The second-order valence-electron chi connectivity index (χ2n) is 3.99. The lowest BCUT2D eigenvalue weighted by atomic mass is 10.2. The van der Waals surface area contributed by atoms with Crippen molar-refractivity contribution in [2.45, 2.75) is 26.1 Å². The summed E-state index contributed by atoms with van der Waals surface area (Å²) in [5.41, 5.74) is 0.679. The molecule has 0 bridgehead atoms. The van der Waals surface area contributed by atoms with E-state index in [4.69, 9.17) is 0 Å². The zero-order valence-electron chi connectivity index (χ0n) is 9.68. The van der Waals surface area contributed by atoms with Crippen LogP contribution in [0.5, 0.6) is 0 Å². The van der Waals surface area contributed by atoms with Crippen molar-refractivity contribution >= 4 is 0 Å². The van der Waals surface area contributed by atoms with Crippen LogP contribution in [0.4, 0.5) is 4.39 Å². The number of nitrogens with one attached hydrogen (secondary N) is 1. The lowest BCUT2D eigenvalue weighted by molar-refractivity contribution is 0.445. The Morgan fingerprint density at radius 2 is 2.24 bits per heavy atom. The van der Waals surface area contributed by atoms with Gasteiger partial charge in [-0.3, -0.25) is 4.68 Å². The van der Waals surface area contributed by atoms with Gasteiger partial charge in [-0.2, -0.15) is 5.10 Å². The number of rotatable bonds is 5. The molecule has 2 aromatic rings. The Balaban J connectivity index is 1.84. The molecule has 0 spiro atoms. The van der Waals surface area contributed by atoms with Crippen molar-refractivity contribution in [3.63, 3.8) is 0 Å². The Hall–Kier alpha value is -1.75. The van der Waals surface area contributed by atoms with Crippen LogP contribution in [0.25, 0.3) is 0 Å². The molecule has 1 N–H and O–H groups in total. The average molecular weight is 234 g/mol. The van der Waals surface area contributed by atoms with E-state index in [9.17, 15) is 4.39 Å². The number of halogens is 1. The molecule has 0 radical (unpaired) electrons. The van der Waals surface area contributed by atoms with Crippen LogP contribution in [0, 0.1) is 5.82 Å². The lowest BCUT2D eigenvalue weighted by Gasteiger charge is -2.13. The summed E-state index contributed by atoms with van der Waals surface area (Å²) in [5.74, 6) is -0.173. The summed E-state index contributed by atoms with van der Waals surface area (Å²) in [6.07, 6.45) is 3.17. The van der Waals surface area contributed by atoms with Crippen LogP contribution < -0.4 is 5.32 Å². The molecule has 1 aromatic carbocycles. The predicted molar refractivity (Wildman–Crippen MR) is 62.7 cm³/mol. The van der Waals surface area contributed by atoms with Crippen molar-refractivity contribution in [3.8, 4) is 0 Å². The van der Waals surface area contributed by atoms with Crippen LogP contribution in [-0.2, 0) is 13.1 Å². The van der Waals surface area contributed by atoms with Crippen molar-refractivity contribution in [2.24, 2.45) is 0 Å². The molecule has 0 fully saturated rings. The Bertz CT molecular complexity index is 455. The largest absolute Gasteiger partial charge is 0.308 e. The van der Waals surface area contributed by atoms with Gasteiger partial charge in [0.2, 0.25) is 0 Å². The van der Waals surface area contributed by atoms with E-state index in [1.54, 1.807) is 23.1 Å². The van der Waals surface area contributed by atoms with Gasteiger partial charge in [0.15, 0.2) is 0 Å². The predicted octanol–water partition coefficient (Wildman–Crippen LogP) is 1.60. The first-order valence-corrected chi connectivity index (χ1v) is 5.55. The van der Waals surface area contributed by atoms with E-state index in [0.717, 1.165) is 0 Å². The summed E-state index contributed by atoms with van der Waals surface area (Å²) in [4.78, 5) is 3.87. The molecule has 90 valence electrons. The fraction of sp³-hybridized carbons (Fsp3) is 0.333.